The zero-order chi connectivity index (χ0) is 15.9. The second kappa shape index (κ2) is 7.27. The number of carbonyl (C=O) groups is 1. The van der Waals surface area contributed by atoms with Gasteiger partial charge in [-0.2, -0.15) is 5.10 Å². The van der Waals surface area contributed by atoms with E-state index in [1.807, 2.05) is 0 Å². The molecule has 0 unspecified atom stereocenters. The number of ether oxygens (including phenoxy) is 1. The van der Waals surface area contributed by atoms with Crippen LogP contribution in [0.5, 0.6) is 5.75 Å². The zero-order valence-electron chi connectivity index (χ0n) is 11.1. The van der Waals surface area contributed by atoms with Crippen molar-refractivity contribution in [3.8, 4) is 5.75 Å². The Balaban J connectivity index is 1.81. The number of carbonyl (C=O) groups excluding carboxylic acids is 1. The maximum atomic E-state index is 13.2. The van der Waals surface area contributed by atoms with Gasteiger partial charge >= 0.3 is 5.00 Å². The molecule has 2 rings (SSSR count). The SMILES string of the molecule is O=C(COc1ccccc1F)NN=Cc1ccc([N+](=O)[O-])s1. The summed E-state index contributed by atoms with van der Waals surface area (Å²) in [5.74, 6) is -1.18. The molecule has 0 fully saturated rings. The number of rotatable bonds is 6. The molecule has 1 N–H and O–H groups in total. The van der Waals surface area contributed by atoms with Crippen molar-refractivity contribution >= 4 is 28.5 Å². The molecule has 7 nitrogen and oxygen atoms in total. The van der Waals surface area contributed by atoms with Crippen LogP contribution in [0.2, 0.25) is 0 Å². The van der Waals surface area contributed by atoms with Crippen LogP contribution < -0.4 is 10.2 Å². The number of hydrogen-bond donors (Lipinski definition) is 1. The third-order valence-electron chi connectivity index (χ3n) is 2.37. The van der Waals surface area contributed by atoms with Gasteiger partial charge in [-0.25, -0.2) is 9.82 Å². The van der Waals surface area contributed by atoms with Crippen LogP contribution >= 0.6 is 11.3 Å². The summed E-state index contributed by atoms with van der Waals surface area (Å²) < 4.78 is 18.2. The Labute approximate surface area is 128 Å². The molecule has 2 aromatic rings. The minimum atomic E-state index is -0.578. The predicted octanol–water partition coefficient (Wildman–Crippen LogP) is 2.32. The fourth-order valence-corrected chi connectivity index (χ4v) is 2.11. The van der Waals surface area contributed by atoms with Crippen LogP contribution in [0.15, 0.2) is 41.5 Å². The van der Waals surface area contributed by atoms with Crippen molar-refractivity contribution < 1.29 is 18.8 Å². The first-order chi connectivity index (χ1) is 10.6. The third kappa shape index (κ3) is 4.35. The summed E-state index contributed by atoms with van der Waals surface area (Å²) >= 11 is 0.924. The highest BCUT2D eigenvalue weighted by molar-refractivity contribution is 7.16. The number of benzene rings is 1. The predicted molar refractivity (Wildman–Crippen MR) is 78.6 cm³/mol. The fraction of sp³-hybridized carbons (Fsp3) is 0.0769. The Kier molecular flexibility index (Phi) is 5.15. The van der Waals surface area contributed by atoms with Gasteiger partial charge in [0.15, 0.2) is 18.2 Å². The quantitative estimate of drug-likeness (QED) is 0.501. The molecule has 0 saturated heterocycles. The molecule has 0 radical (unpaired) electrons. The zero-order valence-corrected chi connectivity index (χ0v) is 11.9. The molecule has 0 aliphatic rings. The molecule has 1 aromatic heterocycles. The Morgan fingerprint density at radius 1 is 1.41 bits per heavy atom. The first-order valence-electron chi connectivity index (χ1n) is 5.99. The monoisotopic (exact) mass is 323 g/mol. The van der Waals surface area contributed by atoms with Crippen LogP contribution in [-0.4, -0.2) is 23.7 Å². The van der Waals surface area contributed by atoms with Crippen molar-refractivity contribution in [3.63, 3.8) is 0 Å². The fourth-order valence-electron chi connectivity index (χ4n) is 1.41. The van der Waals surface area contributed by atoms with Gasteiger partial charge in [-0.3, -0.25) is 14.9 Å². The second-order valence-corrected chi connectivity index (χ2v) is 5.04. The molecule has 0 saturated carbocycles. The van der Waals surface area contributed by atoms with Gasteiger partial charge in [0, 0.05) is 6.07 Å². The van der Waals surface area contributed by atoms with E-state index in [4.69, 9.17) is 4.74 Å². The highest BCUT2D eigenvalue weighted by atomic mass is 32.1. The lowest BCUT2D eigenvalue weighted by atomic mass is 10.3. The minimum absolute atomic E-state index is 0.0179. The lowest BCUT2D eigenvalue weighted by molar-refractivity contribution is -0.380. The molecule has 114 valence electrons. The Bertz CT molecular complexity index is 717. The van der Waals surface area contributed by atoms with E-state index in [0.29, 0.717) is 4.88 Å². The normalized spacial score (nSPS) is 10.6. The van der Waals surface area contributed by atoms with Crippen molar-refractivity contribution in [2.24, 2.45) is 5.10 Å². The highest BCUT2D eigenvalue weighted by Gasteiger charge is 2.08. The summed E-state index contributed by atoms with van der Waals surface area (Å²) in [5.41, 5.74) is 2.18. The Hall–Kier alpha value is -2.81. The molecule has 1 heterocycles. The molecule has 0 bridgehead atoms. The summed E-state index contributed by atoms with van der Waals surface area (Å²) in [6.45, 7) is -0.400. The molecule has 1 aromatic carbocycles. The van der Waals surface area contributed by atoms with E-state index in [2.05, 4.69) is 10.5 Å². The maximum Gasteiger partial charge on any atom is 0.324 e. The van der Waals surface area contributed by atoms with Crippen molar-refractivity contribution in [1.29, 1.82) is 0 Å². The Morgan fingerprint density at radius 3 is 2.86 bits per heavy atom. The molecule has 22 heavy (non-hydrogen) atoms. The molecule has 0 aliphatic carbocycles. The van der Waals surface area contributed by atoms with Crippen molar-refractivity contribution in [3.05, 3.63) is 57.2 Å². The average Bonchev–Trinajstić information content (AvgIpc) is 2.95. The van der Waals surface area contributed by atoms with Crippen LogP contribution in [0.4, 0.5) is 9.39 Å². The van der Waals surface area contributed by atoms with Gasteiger partial charge in [0.05, 0.1) is 16.0 Å². The van der Waals surface area contributed by atoms with E-state index in [1.54, 1.807) is 6.07 Å². The summed E-state index contributed by atoms with van der Waals surface area (Å²) in [7, 11) is 0. The van der Waals surface area contributed by atoms with E-state index in [0.717, 1.165) is 11.3 Å². The van der Waals surface area contributed by atoms with Gasteiger partial charge in [-0.1, -0.05) is 23.5 Å². The standard InChI is InChI=1S/C13H10FN3O4S/c14-10-3-1-2-4-11(10)21-8-12(18)16-15-7-9-5-6-13(22-9)17(19)20/h1-7H,8H2,(H,16,18). The van der Waals surface area contributed by atoms with Crippen LogP contribution in [0.3, 0.4) is 0 Å². The van der Waals surface area contributed by atoms with Gasteiger partial charge in [0.25, 0.3) is 5.91 Å². The number of nitro groups is 1. The highest BCUT2D eigenvalue weighted by Crippen LogP contribution is 2.22. The summed E-state index contributed by atoms with van der Waals surface area (Å²) in [5, 5.41) is 14.1. The van der Waals surface area contributed by atoms with E-state index >= 15 is 0 Å². The molecule has 0 aliphatic heterocycles. The van der Waals surface area contributed by atoms with Gasteiger partial charge in [0.2, 0.25) is 0 Å². The molecule has 0 atom stereocenters. The molecule has 9 heteroatoms. The topological polar surface area (TPSA) is 93.8 Å². The maximum absolute atomic E-state index is 13.2. The van der Waals surface area contributed by atoms with Crippen molar-refractivity contribution in [2.45, 2.75) is 0 Å². The number of amides is 1. The number of nitrogens with zero attached hydrogens (tertiary/aromatic N) is 2. The molecule has 0 spiro atoms. The van der Waals surface area contributed by atoms with E-state index < -0.39 is 23.3 Å². The van der Waals surface area contributed by atoms with Crippen molar-refractivity contribution in [2.75, 3.05) is 6.61 Å². The van der Waals surface area contributed by atoms with Gasteiger partial charge in [-0.05, 0) is 18.2 Å². The van der Waals surface area contributed by atoms with Gasteiger partial charge in [-0.15, -0.1) is 0 Å². The Morgan fingerprint density at radius 2 is 2.18 bits per heavy atom. The number of nitrogens with one attached hydrogen (secondary N) is 1. The first kappa shape index (κ1) is 15.6. The lowest BCUT2D eigenvalue weighted by Crippen LogP contribution is -2.24. The lowest BCUT2D eigenvalue weighted by Gasteiger charge is -2.05. The van der Waals surface area contributed by atoms with Crippen molar-refractivity contribution in [1.82, 2.24) is 5.43 Å². The van der Waals surface area contributed by atoms with Crippen LogP contribution in [-0.2, 0) is 4.79 Å². The second-order valence-electron chi connectivity index (χ2n) is 3.95. The molecular weight excluding hydrogens is 313 g/mol. The summed E-state index contributed by atoms with van der Waals surface area (Å²) in [4.78, 5) is 22.0. The summed E-state index contributed by atoms with van der Waals surface area (Å²) in [6, 6.07) is 8.56. The number of halogens is 1. The number of para-hydroxylation sites is 1. The first-order valence-corrected chi connectivity index (χ1v) is 6.81. The van der Waals surface area contributed by atoms with Crippen LogP contribution in [0, 0.1) is 15.9 Å². The van der Waals surface area contributed by atoms with Crippen LogP contribution in [0.25, 0.3) is 0 Å². The minimum Gasteiger partial charge on any atom is -0.481 e. The number of hydrazone groups is 1. The van der Waals surface area contributed by atoms with E-state index in [1.165, 1.54) is 36.5 Å². The van der Waals surface area contributed by atoms with E-state index in [-0.39, 0.29) is 10.8 Å². The van der Waals surface area contributed by atoms with Gasteiger partial charge in [0.1, 0.15) is 0 Å². The average molecular weight is 323 g/mol. The van der Waals surface area contributed by atoms with Gasteiger partial charge < -0.3 is 4.74 Å². The molecular formula is C13H10FN3O4S. The number of hydrogen-bond acceptors (Lipinski definition) is 6. The third-order valence-corrected chi connectivity index (χ3v) is 3.34. The molecule has 1 amide bonds. The number of thiophene rings is 1. The summed E-state index contributed by atoms with van der Waals surface area (Å²) in [6.07, 6.45) is 1.28. The van der Waals surface area contributed by atoms with Crippen LogP contribution in [0.1, 0.15) is 4.88 Å². The smallest absolute Gasteiger partial charge is 0.324 e. The largest absolute Gasteiger partial charge is 0.481 e. The van der Waals surface area contributed by atoms with E-state index in [9.17, 15) is 19.3 Å².